The van der Waals surface area contributed by atoms with E-state index < -0.39 is 0 Å². The number of halogens is 2. The monoisotopic (exact) mass is 389 g/mol. The molecule has 23 heavy (non-hydrogen) atoms. The van der Waals surface area contributed by atoms with Gasteiger partial charge in [-0.15, -0.1) is 0 Å². The highest BCUT2D eigenvalue weighted by molar-refractivity contribution is 9.10. The number of fused-ring (bicyclic) bond motifs is 1. The van der Waals surface area contributed by atoms with Crippen LogP contribution in [-0.2, 0) is 0 Å². The zero-order chi connectivity index (χ0) is 16.1. The van der Waals surface area contributed by atoms with Crippen LogP contribution in [0, 0.1) is 0 Å². The van der Waals surface area contributed by atoms with Crippen LogP contribution in [-0.4, -0.2) is 9.55 Å². The van der Waals surface area contributed by atoms with Crippen LogP contribution < -0.4 is 11.3 Å². The van der Waals surface area contributed by atoms with Gasteiger partial charge >= 0.3 is 0 Å². The molecule has 0 amide bonds. The number of hydrogen-bond donors (Lipinski definition) is 1. The van der Waals surface area contributed by atoms with Crippen molar-refractivity contribution < 1.29 is 0 Å². The summed E-state index contributed by atoms with van der Waals surface area (Å²) in [6.45, 7) is 0. The molecule has 4 rings (SSSR count). The maximum atomic E-state index is 13.1. The first-order valence-electron chi connectivity index (χ1n) is 7.33. The second kappa shape index (κ2) is 5.35. The summed E-state index contributed by atoms with van der Waals surface area (Å²) in [7, 11) is 0. The molecule has 1 aliphatic rings. The number of hydrogen-bond acceptors (Lipinski definition) is 3. The highest BCUT2D eigenvalue weighted by atomic mass is 79.9. The third-order valence-corrected chi connectivity index (χ3v) is 5.15. The van der Waals surface area contributed by atoms with E-state index in [4.69, 9.17) is 22.3 Å². The zero-order valence-electron chi connectivity index (χ0n) is 12.1. The average molecular weight is 391 g/mol. The van der Waals surface area contributed by atoms with Crippen molar-refractivity contribution in [3.05, 3.63) is 62.1 Å². The van der Waals surface area contributed by atoms with E-state index in [0.29, 0.717) is 32.0 Å². The fourth-order valence-electron chi connectivity index (χ4n) is 2.71. The van der Waals surface area contributed by atoms with Crippen LogP contribution in [0.5, 0.6) is 0 Å². The third kappa shape index (κ3) is 2.44. The van der Waals surface area contributed by atoms with Gasteiger partial charge in [0.05, 0.1) is 21.1 Å². The molecule has 0 radical (unpaired) electrons. The van der Waals surface area contributed by atoms with Crippen molar-refractivity contribution in [2.75, 3.05) is 5.73 Å². The van der Waals surface area contributed by atoms with Gasteiger partial charge in [-0.2, -0.15) is 0 Å². The summed E-state index contributed by atoms with van der Waals surface area (Å²) in [5, 5.41) is 1.18. The van der Waals surface area contributed by atoms with Gasteiger partial charge in [0.25, 0.3) is 5.56 Å². The standard InChI is InChI=1S/C17H13BrClN3O/c18-14-13(20)8-7-12-15(14)21-16(9-1-2-9)22(17(12)23)11-5-3-10(19)4-6-11/h3-9H,1-2,20H2. The number of anilines is 1. The van der Waals surface area contributed by atoms with Gasteiger partial charge in [-0.1, -0.05) is 11.6 Å². The van der Waals surface area contributed by atoms with E-state index in [9.17, 15) is 4.79 Å². The largest absolute Gasteiger partial charge is 0.398 e. The smallest absolute Gasteiger partial charge is 0.266 e. The van der Waals surface area contributed by atoms with Crippen molar-refractivity contribution in [3.63, 3.8) is 0 Å². The van der Waals surface area contributed by atoms with Gasteiger partial charge < -0.3 is 5.73 Å². The first kappa shape index (κ1) is 14.7. The van der Waals surface area contributed by atoms with E-state index in [1.807, 2.05) is 12.1 Å². The van der Waals surface area contributed by atoms with E-state index >= 15 is 0 Å². The third-order valence-electron chi connectivity index (χ3n) is 4.06. The summed E-state index contributed by atoms with van der Waals surface area (Å²) in [5.41, 5.74) is 7.84. The first-order chi connectivity index (χ1) is 11.1. The van der Waals surface area contributed by atoms with Crippen LogP contribution in [0.15, 0.2) is 45.7 Å². The molecule has 1 aromatic heterocycles. The van der Waals surface area contributed by atoms with Crippen molar-refractivity contribution in [1.82, 2.24) is 9.55 Å². The van der Waals surface area contributed by atoms with Crippen molar-refractivity contribution in [2.45, 2.75) is 18.8 Å². The Kier molecular flexibility index (Phi) is 3.43. The molecule has 2 aromatic carbocycles. The van der Waals surface area contributed by atoms with Crippen LogP contribution in [0.2, 0.25) is 5.02 Å². The lowest BCUT2D eigenvalue weighted by Crippen LogP contribution is -2.23. The second-order valence-corrected chi connectivity index (χ2v) is 6.96. The molecule has 0 bridgehead atoms. The number of nitrogens with two attached hydrogens (primary N) is 1. The lowest BCUT2D eigenvalue weighted by atomic mass is 10.2. The molecular formula is C17H13BrClN3O. The van der Waals surface area contributed by atoms with Gasteiger partial charge in [-0.25, -0.2) is 4.98 Å². The van der Waals surface area contributed by atoms with Crippen LogP contribution in [0.1, 0.15) is 24.6 Å². The van der Waals surface area contributed by atoms with Gasteiger partial charge in [-0.3, -0.25) is 9.36 Å². The van der Waals surface area contributed by atoms with Crippen molar-refractivity contribution >= 4 is 44.1 Å². The maximum Gasteiger partial charge on any atom is 0.266 e. The molecule has 6 heteroatoms. The van der Waals surface area contributed by atoms with Gasteiger partial charge in [0.1, 0.15) is 5.82 Å². The Morgan fingerprint density at radius 1 is 1.17 bits per heavy atom. The SMILES string of the molecule is Nc1ccc2c(=O)n(-c3ccc(Cl)cc3)c(C3CC3)nc2c1Br. The number of nitrogen functional groups attached to an aromatic ring is 1. The quantitative estimate of drug-likeness (QED) is 0.665. The zero-order valence-corrected chi connectivity index (χ0v) is 14.4. The predicted molar refractivity (Wildman–Crippen MR) is 96.4 cm³/mol. The summed E-state index contributed by atoms with van der Waals surface area (Å²) >= 11 is 9.42. The molecule has 116 valence electrons. The lowest BCUT2D eigenvalue weighted by molar-refractivity contribution is 0.823. The Bertz CT molecular complexity index is 978. The molecule has 1 saturated carbocycles. The minimum Gasteiger partial charge on any atom is -0.398 e. The Hall–Kier alpha value is -1.85. The van der Waals surface area contributed by atoms with Gasteiger partial charge in [-0.05, 0) is 65.2 Å². The summed E-state index contributed by atoms with van der Waals surface area (Å²) in [6, 6.07) is 10.7. The fourth-order valence-corrected chi connectivity index (χ4v) is 3.27. The molecule has 0 unspecified atom stereocenters. The number of rotatable bonds is 2. The number of aromatic nitrogens is 2. The van der Waals surface area contributed by atoms with Crippen molar-refractivity contribution in [2.24, 2.45) is 0 Å². The van der Waals surface area contributed by atoms with Crippen molar-refractivity contribution in [3.8, 4) is 5.69 Å². The van der Waals surface area contributed by atoms with Crippen LogP contribution in [0.3, 0.4) is 0 Å². The number of nitrogens with zero attached hydrogens (tertiary/aromatic N) is 2. The second-order valence-electron chi connectivity index (χ2n) is 5.73. The molecule has 3 aromatic rings. The molecular weight excluding hydrogens is 378 g/mol. The predicted octanol–water partition coefficient (Wildman–Crippen LogP) is 4.26. The van der Waals surface area contributed by atoms with E-state index in [-0.39, 0.29) is 5.56 Å². The highest BCUT2D eigenvalue weighted by Gasteiger charge is 2.30. The molecule has 4 nitrogen and oxygen atoms in total. The molecule has 0 aliphatic heterocycles. The Labute approximate surface area is 146 Å². The fraction of sp³-hybridized carbons (Fsp3) is 0.176. The van der Waals surface area contributed by atoms with E-state index in [1.54, 1.807) is 28.8 Å². The normalized spacial score (nSPS) is 14.3. The topological polar surface area (TPSA) is 60.9 Å². The molecule has 2 N–H and O–H groups in total. The lowest BCUT2D eigenvalue weighted by Gasteiger charge is -2.14. The van der Waals surface area contributed by atoms with Crippen molar-refractivity contribution in [1.29, 1.82) is 0 Å². The Morgan fingerprint density at radius 3 is 2.52 bits per heavy atom. The molecule has 1 fully saturated rings. The maximum absolute atomic E-state index is 13.1. The van der Waals surface area contributed by atoms with E-state index in [2.05, 4.69) is 15.9 Å². The molecule has 1 heterocycles. The van der Waals surface area contributed by atoms with E-state index in [1.165, 1.54) is 0 Å². The minimum atomic E-state index is -0.0834. The minimum absolute atomic E-state index is 0.0834. The average Bonchev–Trinajstić information content (AvgIpc) is 3.37. The highest BCUT2D eigenvalue weighted by Crippen LogP contribution is 2.40. The van der Waals surface area contributed by atoms with Gasteiger partial charge in [0.15, 0.2) is 0 Å². The van der Waals surface area contributed by atoms with Crippen LogP contribution in [0.25, 0.3) is 16.6 Å². The Morgan fingerprint density at radius 2 is 1.87 bits per heavy atom. The van der Waals surface area contributed by atoms with Gasteiger partial charge in [0, 0.05) is 16.6 Å². The summed E-state index contributed by atoms with van der Waals surface area (Å²) in [6.07, 6.45) is 2.09. The van der Waals surface area contributed by atoms with E-state index in [0.717, 1.165) is 24.4 Å². The molecule has 0 atom stereocenters. The number of benzene rings is 2. The Balaban J connectivity index is 2.08. The van der Waals surface area contributed by atoms with Crippen LogP contribution in [0.4, 0.5) is 5.69 Å². The summed E-state index contributed by atoms with van der Waals surface area (Å²) in [5.74, 6) is 1.10. The molecule has 0 spiro atoms. The summed E-state index contributed by atoms with van der Waals surface area (Å²) in [4.78, 5) is 17.8. The summed E-state index contributed by atoms with van der Waals surface area (Å²) < 4.78 is 2.37. The van der Waals surface area contributed by atoms with Gasteiger partial charge in [0.2, 0.25) is 0 Å². The molecule has 1 aliphatic carbocycles. The first-order valence-corrected chi connectivity index (χ1v) is 8.50. The molecule has 0 saturated heterocycles. The van der Waals surface area contributed by atoms with Crippen LogP contribution >= 0.6 is 27.5 Å².